The highest BCUT2D eigenvalue weighted by Crippen LogP contribution is 2.32. The van der Waals surface area contributed by atoms with E-state index in [0.29, 0.717) is 0 Å². The summed E-state index contributed by atoms with van der Waals surface area (Å²) in [6.07, 6.45) is 0. The van der Waals surface area contributed by atoms with E-state index in [1.54, 1.807) is 11.3 Å². The van der Waals surface area contributed by atoms with Crippen molar-refractivity contribution in [3.63, 3.8) is 0 Å². The maximum Gasteiger partial charge on any atom is 0.175 e. The van der Waals surface area contributed by atoms with Gasteiger partial charge in [0.1, 0.15) is 5.82 Å². The monoisotopic (exact) mass is 284 g/mol. The molecule has 4 nitrogen and oxygen atoms in total. The van der Waals surface area contributed by atoms with Gasteiger partial charge in [0, 0.05) is 17.6 Å². The van der Waals surface area contributed by atoms with E-state index >= 15 is 0 Å². The van der Waals surface area contributed by atoms with Crippen molar-refractivity contribution in [2.45, 2.75) is 13.1 Å². The zero-order valence-corrected chi connectivity index (χ0v) is 10.3. The molecule has 0 atom stereocenters. The number of thiophene rings is 1. The summed E-state index contributed by atoms with van der Waals surface area (Å²) in [5.41, 5.74) is 0. The lowest BCUT2D eigenvalue weighted by molar-refractivity contribution is 0.508. The van der Waals surface area contributed by atoms with Gasteiger partial charge in [-0.05, 0) is 27.4 Å². The summed E-state index contributed by atoms with van der Waals surface area (Å²) in [6, 6.07) is 2.04. The number of nitrogens with zero attached hydrogens (tertiary/aromatic N) is 3. The predicted molar refractivity (Wildman–Crippen MR) is 62.7 cm³/mol. The third kappa shape index (κ3) is 1.53. The quantitative estimate of drug-likeness (QED) is 0.870. The van der Waals surface area contributed by atoms with Gasteiger partial charge in [0.15, 0.2) is 5.82 Å². The highest BCUT2D eigenvalue weighted by molar-refractivity contribution is 9.10. The second kappa shape index (κ2) is 3.70. The molecule has 2 aromatic rings. The standard InChI is InChI=1S/C9H9BrN4S/c10-6-1-4-15-8(6)9-13-12-7-5-11-2-3-14(7)9/h1,4,11H,2-3,5H2. The van der Waals surface area contributed by atoms with E-state index in [1.165, 1.54) is 0 Å². The summed E-state index contributed by atoms with van der Waals surface area (Å²) >= 11 is 5.22. The molecular weight excluding hydrogens is 276 g/mol. The first kappa shape index (κ1) is 9.50. The first-order valence-electron chi connectivity index (χ1n) is 4.72. The fourth-order valence-corrected chi connectivity index (χ4v) is 3.26. The Morgan fingerprint density at radius 2 is 2.40 bits per heavy atom. The third-order valence-corrected chi connectivity index (χ3v) is 4.28. The van der Waals surface area contributed by atoms with Gasteiger partial charge in [0.25, 0.3) is 0 Å². The number of nitrogens with one attached hydrogen (secondary N) is 1. The molecule has 1 N–H and O–H groups in total. The molecule has 1 aliphatic heterocycles. The average Bonchev–Trinajstić information content (AvgIpc) is 2.83. The number of aromatic nitrogens is 3. The molecule has 0 fully saturated rings. The lowest BCUT2D eigenvalue weighted by Gasteiger charge is -2.15. The van der Waals surface area contributed by atoms with Gasteiger partial charge in [-0.2, -0.15) is 0 Å². The molecule has 0 aromatic carbocycles. The van der Waals surface area contributed by atoms with Crippen molar-refractivity contribution in [1.82, 2.24) is 20.1 Å². The Kier molecular flexibility index (Phi) is 2.34. The van der Waals surface area contributed by atoms with Gasteiger partial charge in [-0.1, -0.05) is 0 Å². The van der Waals surface area contributed by atoms with Crippen LogP contribution in [0.4, 0.5) is 0 Å². The maximum atomic E-state index is 4.25. The lowest BCUT2D eigenvalue weighted by atomic mass is 10.4. The van der Waals surface area contributed by atoms with E-state index < -0.39 is 0 Å². The molecule has 3 rings (SSSR count). The Morgan fingerprint density at radius 1 is 1.47 bits per heavy atom. The van der Waals surface area contributed by atoms with Gasteiger partial charge in [-0.3, -0.25) is 0 Å². The first-order valence-corrected chi connectivity index (χ1v) is 6.39. The van der Waals surface area contributed by atoms with Crippen LogP contribution >= 0.6 is 27.3 Å². The fourth-order valence-electron chi connectivity index (χ4n) is 1.71. The number of halogens is 1. The van der Waals surface area contributed by atoms with Crippen molar-refractivity contribution >= 4 is 27.3 Å². The zero-order valence-electron chi connectivity index (χ0n) is 7.90. The first-order chi connectivity index (χ1) is 7.36. The number of rotatable bonds is 1. The Hall–Kier alpha value is -0.720. The lowest BCUT2D eigenvalue weighted by Crippen LogP contribution is -2.28. The van der Waals surface area contributed by atoms with Crippen LogP contribution in [-0.4, -0.2) is 21.3 Å². The SMILES string of the molecule is Brc1ccsc1-c1nnc2n1CCNC2. The van der Waals surface area contributed by atoms with E-state index in [-0.39, 0.29) is 0 Å². The Bertz CT molecular complexity index is 490. The van der Waals surface area contributed by atoms with Crippen LogP contribution in [0.2, 0.25) is 0 Å². The van der Waals surface area contributed by atoms with Crippen LogP contribution in [0, 0.1) is 0 Å². The molecule has 0 saturated carbocycles. The maximum absolute atomic E-state index is 4.25. The minimum Gasteiger partial charge on any atom is -0.308 e. The molecule has 0 unspecified atom stereocenters. The molecule has 15 heavy (non-hydrogen) atoms. The van der Waals surface area contributed by atoms with Gasteiger partial charge < -0.3 is 9.88 Å². The van der Waals surface area contributed by atoms with Crippen molar-refractivity contribution < 1.29 is 0 Å². The summed E-state index contributed by atoms with van der Waals surface area (Å²) in [5, 5.41) is 13.8. The third-order valence-electron chi connectivity index (χ3n) is 2.44. The second-order valence-corrected chi connectivity index (χ2v) is 5.14. The molecule has 1 aliphatic rings. The molecule has 78 valence electrons. The molecule has 6 heteroatoms. The molecule has 0 radical (unpaired) electrons. The molecule has 0 saturated heterocycles. The molecule has 3 heterocycles. The van der Waals surface area contributed by atoms with Gasteiger partial charge in [0.05, 0.1) is 11.4 Å². The Morgan fingerprint density at radius 3 is 3.20 bits per heavy atom. The van der Waals surface area contributed by atoms with Crippen LogP contribution in [0.25, 0.3) is 10.7 Å². The largest absolute Gasteiger partial charge is 0.308 e. The van der Waals surface area contributed by atoms with Gasteiger partial charge in [0.2, 0.25) is 0 Å². The fraction of sp³-hybridized carbons (Fsp3) is 0.333. The minimum atomic E-state index is 0.815. The van der Waals surface area contributed by atoms with Crippen LogP contribution in [0.5, 0.6) is 0 Å². The van der Waals surface area contributed by atoms with Crippen molar-refractivity contribution in [3.05, 3.63) is 21.7 Å². The molecule has 2 aromatic heterocycles. The molecule has 0 bridgehead atoms. The molecule has 0 aliphatic carbocycles. The second-order valence-electron chi connectivity index (χ2n) is 3.37. The van der Waals surface area contributed by atoms with Crippen molar-refractivity contribution in [2.24, 2.45) is 0 Å². The summed E-state index contributed by atoms with van der Waals surface area (Å²) in [6.45, 7) is 2.75. The highest BCUT2D eigenvalue weighted by Gasteiger charge is 2.18. The normalized spacial score (nSPS) is 15.3. The van der Waals surface area contributed by atoms with E-state index in [1.807, 2.05) is 6.07 Å². The zero-order chi connectivity index (χ0) is 10.3. The Labute approximate surface area is 99.5 Å². The van der Waals surface area contributed by atoms with Crippen LogP contribution in [0.1, 0.15) is 5.82 Å². The highest BCUT2D eigenvalue weighted by atomic mass is 79.9. The van der Waals surface area contributed by atoms with Crippen LogP contribution in [0.15, 0.2) is 15.9 Å². The van der Waals surface area contributed by atoms with E-state index in [2.05, 4.69) is 41.4 Å². The predicted octanol–water partition coefficient (Wildman–Crippen LogP) is 1.87. The van der Waals surface area contributed by atoms with Crippen molar-refractivity contribution in [2.75, 3.05) is 6.54 Å². The van der Waals surface area contributed by atoms with Gasteiger partial charge >= 0.3 is 0 Å². The number of hydrogen-bond acceptors (Lipinski definition) is 4. The van der Waals surface area contributed by atoms with E-state index in [0.717, 1.165) is 40.6 Å². The summed E-state index contributed by atoms with van der Waals surface area (Å²) in [4.78, 5) is 1.16. The van der Waals surface area contributed by atoms with Crippen LogP contribution < -0.4 is 5.32 Å². The number of fused-ring (bicyclic) bond motifs is 1. The molecule has 0 amide bonds. The van der Waals surface area contributed by atoms with Crippen molar-refractivity contribution in [3.8, 4) is 10.7 Å². The van der Waals surface area contributed by atoms with Gasteiger partial charge in [-0.25, -0.2) is 0 Å². The van der Waals surface area contributed by atoms with Crippen LogP contribution in [0.3, 0.4) is 0 Å². The van der Waals surface area contributed by atoms with Crippen molar-refractivity contribution in [1.29, 1.82) is 0 Å². The number of hydrogen-bond donors (Lipinski definition) is 1. The minimum absolute atomic E-state index is 0.815. The molecule has 0 spiro atoms. The van der Waals surface area contributed by atoms with E-state index in [4.69, 9.17) is 0 Å². The van der Waals surface area contributed by atoms with Crippen LogP contribution in [-0.2, 0) is 13.1 Å². The Balaban J connectivity index is 2.13. The summed E-state index contributed by atoms with van der Waals surface area (Å²) < 4.78 is 3.29. The van der Waals surface area contributed by atoms with Gasteiger partial charge in [-0.15, -0.1) is 21.5 Å². The topological polar surface area (TPSA) is 42.7 Å². The van der Waals surface area contributed by atoms with E-state index in [9.17, 15) is 0 Å². The molecular formula is C9H9BrN4S. The summed E-state index contributed by atoms with van der Waals surface area (Å²) in [5.74, 6) is 2.00. The average molecular weight is 285 g/mol. The summed E-state index contributed by atoms with van der Waals surface area (Å²) in [7, 11) is 0. The smallest absolute Gasteiger partial charge is 0.175 e.